The topological polar surface area (TPSA) is 61.4 Å². The molecule has 0 amide bonds. The SMILES string of the molecule is CN(C)CCCS(=O)(=O)NC[C@@H]1C[C@@H]2[C@H](C1)c1cc(C(F)(F)F)ccc1N[C@H]2C1C=CC=CC1. The van der Waals surface area contributed by atoms with Gasteiger partial charge in [-0.15, -0.1) is 0 Å². The highest BCUT2D eigenvalue weighted by molar-refractivity contribution is 7.89. The molecule has 0 radical (unpaired) electrons. The number of nitrogens with zero attached hydrogens (tertiary/aromatic N) is 1. The Morgan fingerprint density at radius 3 is 2.65 bits per heavy atom. The van der Waals surface area contributed by atoms with Crippen LogP contribution in [0.25, 0.3) is 0 Å². The Bertz CT molecular complexity index is 1040. The van der Waals surface area contributed by atoms with Crippen molar-refractivity contribution in [2.24, 2.45) is 17.8 Å². The van der Waals surface area contributed by atoms with Gasteiger partial charge in [-0.1, -0.05) is 24.3 Å². The molecule has 5 nitrogen and oxygen atoms in total. The minimum Gasteiger partial charge on any atom is -0.381 e. The van der Waals surface area contributed by atoms with Crippen LogP contribution in [0.1, 0.15) is 42.7 Å². The van der Waals surface area contributed by atoms with Crippen molar-refractivity contribution in [1.82, 2.24) is 9.62 Å². The molecule has 1 heterocycles. The molecule has 188 valence electrons. The van der Waals surface area contributed by atoms with Crippen molar-refractivity contribution in [2.75, 3.05) is 38.3 Å². The first-order valence-corrected chi connectivity index (χ1v) is 13.6. The minimum atomic E-state index is -4.39. The second kappa shape index (κ2) is 10.0. The largest absolute Gasteiger partial charge is 0.416 e. The maximum atomic E-state index is 13.4. The third-order valence-corrected chi connectivity index (χ3v) is 8.79. The van der Waals surface area contributed by atoms with Crippen LogP contribution in [0.4, 0.5) is 18.9 Å². The zero-order valence-electron chi connectivity index (χ0n) is 19.7. The van der Waals surface area contributed by atoms with Crippen molar-refractivity contribution in [1.29, 1.82) is 0 Å². The van der Waals surface area contributed by atoms with Gasteiger partial charge in [0.2, 0.25) is 10.0 Å². The van der Waals surface area contributed by atoms with E-state index in [1.807, 2.05) is 31.1 Å². The third-order valence-electron chi connectivity index (χ3n) is 7.36. The molecule has 2 N–H and O–H groups in total. The van der Waals surface area contributed by atoms with Gasteiger partial charge in [0, 0.05) is 24.2 Å². The molecule has 34 heavy (non-hydrogen) atoms. The summed E-state index contributed by atoms with van der Waals surface area (Å²) in [6.07, 6.45) is 6.86. The first kappa shape index (κ1) is 25.3. The van der Waals surface area contributed by atoms with Crippen molar-refractivity contribution in [3.05, 3.63) is 53.6 Å². The van der Waals surface area contributed by atoms with Crippen molar-refractivity contribution in [3.63, 3.8) is 0 Å². The van der Waals surface area contributed by atoms with E-state index in [0.717, 1.165) is 24.6 Å². The Labute approximate surface area is 200 Å². The third kappa shape index (κ3) is 5.86. The van der Waals surface area contributed by atoms with E-state index in [1.165, 1.54) is 6.07 Å². The predicted octanol–water partition coefficient (Wildman–Crippen LogP) is 4.61. The highest BCUT2D eigenvalue weighted by atomic mass is 32.2. The average molecular weight is 498 g/mol. The molecule has 1 fully saturated rings. The number of hydrogen-bond donors (Lipinski definition) is 2. The molecule has 0 saturated heterocycles. The molecule has 9 heteroatoms. The zero-order chi connectivity index (χ0) is 24.5. The maximum absolute atomic E-state index is 13.4. The Kier molecular flexibility index (Phi) is 7.45. The summed E-state index contributed by atoms with van der Waals surface area (Å²) < 4.78 is 68.0. The van der Waals surface area contributed by atoms with E-state index in [0.29, 0.717) is 31.5 Å². The fourth-order valence-corrected chi connectivity index (χ4v) is 6.89. The Morgan fingerprint density at radius 1 is 1.18 bits per heavy atom. The highest BCUT2D eigenvalue weighted by Crippen LogP contribution is 2.53. The molecule has 1 saturated carbocycles. The van der Waals surface area contributed by atoms with Crippen LogP contribution < -0.4 is 10.0 Å². The smallest absolute Gasteiger partial charge is 0.381 e. The second-order valence-electron chi connectivity index (χ2n) is 10.1. The van der Waals surface area contributed by atoms with Gasteiger partial charge in [0.05, 0.1) is 11.3 Å². The van der Waals surface area contributed by atoms with Gasteiger partial charge in [-0.2, -0.15) is 13.2 Å². The lowest BCUT2D eigenvalue weighted by atomic mass is 9.73. The summed E-state index contributed by atoms with van der Waals surface area (Å²) in [5, 5.41) is 3.55. The number of fused-ring (bicyclic) bond motifs is 3. The Morgan fingerprint density at radius 2 is 1.97 bits per heavy atom. The molecular weight excluding hydrogens is 463 g/mol. The van der Waals surface area contributed by atoms with E-state index in [9.17, 15) is 21.6 Å². The molecule has 1 unspecified atom stereocenters. The van der Waals surface area contributed by atoms with Crippen LogP contribution in [0.15, 0.2) is 42.5 Å². The van der Waals surface area contributed by atoms with Gasteiger partial charge in [0.15, 0.2) is 0 Å². The van der Waals surface area contributed by atoms with Gasteiger partial charge in [-0.25, -0.2) is 13.1 Å². The van der Waals surface area contributed by atoms with Gasteiger partial charge in [0.25, 0.3) is 0 Å². The van der Waals surface area contributed by atoms with Gasteiger partial charge >= 0.3 is 6.18 Å². The van der Waals surface area contributed by atoms with E-state index in [-0.39, 0.29) is 35.5 Å². The average Bonchev–Trinajstić information content (AvgIpc) is 3.21. The van der Waals surface area contributed by atoms with E-state index >= 15 is 0 Å². The molecular formula is C25H34F3N3O2S. The molecule has 0 spiro atoms. The van der Waals surface area contributed by atoms with E-state index in [4.69, 9.17) is 0 Å². The van der Waals surface area contributed by atoms with Gasteiger partial charge in [-0.05, 0) is 87.8 Å². The van der Waals surface area contributed by atoms with E-state index in [1.54, 1.807) is 6.07 Å². The standard InChI is InChI=1S/C25H34F3N3O2S/c1-31(2)11-6-12-34(32,33)29-16-17-13-20-21-15-19(25(26,27)28)9-10-23(21)30-24(22(20)14-17)18-7-4-3-5-8-18/h3-5,7,9-10,15,17-18,20,22,24,29-30H,6,8,11-14,16H2,1-2H3/t17-,18?,20+,22+,24-/m0/s1. The summed E-state index contributed by atoms with van der Waals surface area (Å²) >= 11 is 0. The monoisotopic (exact) mass is 497 g/mol. The van der Waals surface area contributed by atoms with Crippen molar-refractivity contribution >= 4 is 15.7 Å². The number of sulfonamides is 1. The van der Waals surface area contributed by atoms with E-state index in [2.05, 4.69) is 22.2 Å². The van der Waals surface area contributed by atoms with Crippen LogP contribution in [0.5, 0.6) is 0 Å². The normalized spacial score (nSPS) is 28.6. The van der Waals surface area contributed by atoms with E-state index < -0.39 is 21.8 Å². The van der Waals surface area contributed by atoms with Crippen molar-refractivity contribution in [2.45, 2.75) is 43.8 Å². The van der Waals surface area contributed by atoms with Crippen LogP contribution >= 0.6 is 0 Å². The van der Waals surface area contributed by atoms with Crippen LogP contribution in [0, 0.1) is 17.8 Å². The lowest BCUT2D eigenvalue weighted by Crippen LogP contribution is -2.41. The van der Waals surface area contributed by atoms with Crippen LogP contribution in [-0.4, -0.2) is 52.3 Å². The highest BCUT2D eigenvalue weighted by Gasteiger charge is 2.46. The summed E-state index contributed by atoms with van der Waals surface area (Å²) in [7, 11) is 0.434. The summed E-state index contributed by atoms with van der Waals surface area (Å²) in [4.78, 5) is 1.95. The molecule has 2 aliphatic carbocycles. The Hall–Kier alpha value is -1.84. The van der Waals surface area contributed by atoms with Gasteiger partial charge in [-0.3, -0.25) is 0 Å². The number of allylic oxidation sites excluding steroid dienone is 3. The number of alkyl halides is 3. The quantitative estimate of drug-likeness (QED) is 0.551. The zero-order valence-corrected chi connectivity index (χ0v) is 20.5. The molecule has 0 aromatic heterocycles. The molecule has 1 aliphatic heterocycles. The van der Waals surface area contributed by atoms with Crippen molar-refractivity contribution < 1.29 is 21.6 Å². The minimum absolute atomic E-state index is 0.0221. The molecule has 0 bridgehead atoms. The lowest BCUT2D eigenvalue weighted by molar-refractivity contribution is -0.137. The summed E-state index contributed by atoms with van der Waals surface area (Å²) in [5.41, 5.74) is 0.852. The number of nitrogens with one attached hydrogen (secondary N) is 2. The van der Waals surface area contributed by atoms with Gasteiger partial charge in [0.1, 0.15) is 0 Å². The molecule has 1 aromatic carbocycles. The number of halogens is 3. The summed E-state index contributed by atoms with van der Waals surface area (Å²) in [6.45, 7) is 1.03. The van der Waals surface area contributed by atoms with Crippen LogP contribution in [0.2, 0.25) is 0 Å². The fraction of sp³-hybridized carbons (Fsp3) is 0.600. The summed E-state index contributed by atoms with van der Waals surface area (Å²) in [6, 6.07) is 4.11. The lowest BCUT2D eigenvalue weighted by Gasteiger charge is -2.41. The second-order valence-corrected chi connectivity index (χ2v) is 12.0. The first-order valence-electron chi connectivity index (χ1n) is 12.0. The number of anilines is 1. The predicted molar refractivity (Wildman–Crippen MR) is 129 cm³/mol. The number of rotatable bonds is 8. The van der Waals surface area contributed by atoms with Crippen molar-refractivity contribution in [3.8, 4) is 0 Å². The molecule has 3 aliphatic rings. The van der Waals surface area contributed by atoms with Gasteiger partial charge < -0.3 is 10.2 Å². The van der Waals surface area contributed by atoms with Crippen LogP contribution in [0.3, 0.4) is 0 Å². The first-order chi connectivity index (χ1) is 16.0. The number of benzene rings is 1. The molecule has 1 aromatic rings. The Balaban J connectivity index is 1.52. The summed E-state index contributed by atoms with van der Waals surface area (Å²) in [5.74, 6) is 0.554. The molecule has 5 atom stereocenters. The fourth-order valence-electron chi connectivity index (χ4n) is 5.74. The number of hydrogen-bond acceptors (Lipinski definition) is 4. The maximum Gasteiger partial charge on any atom is 0.416 e. The van der Waals surface area contributed by atoms with Crippen LogP contribution in [-0.2, 0) is 16.2 Å². The molecule has 4 rings (SSSR count).